The van der Waals surface area contributed by atoms with E-state index in [1.807, 2.05) is 6.92 Å². The number of nitrogens with zero attached hydrogens (tertiary/aromatic N) is 2. The molecule has 1 aliphatic rings. The highest BCUT2D eigenvalue weighted by molar-refractivity contribution is 5.75. The monoisotopic (exact) mass is 243 g/mol. The molecule has 1 heterocycles. The highest BCUT2D eigenvalue weighted by atomic mass is 16.5. The van der Waals surface area contributed by atoms with E-state index in [1.165, 1.54) is 0 Å². The molecule has 2 unspecified atom stereocenters. The van der Waals surface area contributed by atoms with Crippen molar-refractivity contribution in [3.63, 3.8) is 0 Å². The molecule has 17 heavy (non-hydrogen) atoms. The summed E-state index contributed by atoms with van der Waals surface area (Å²) < 4.78 is 5.59. The predicted octanol–water partition coefficient (Wildman–Crippen LogP) is -0.0972. The molecule has 0 saturated carbocycles. The van der Waals surface area contributed by atoms with Gasteiger partial charge in [-0.15, -0.1) is 0 Å². The fourth-order valence-electron chi connectivity index (χ4n) is 1.93. The van der Waals surface area contributed by atoms with E-state index in [0.29, 0.717) is 6.42 Å². The van der Waals surface area contributed by atoms with Crippen LogP contribution in [0.5, 0.6) is 0 Å². The predicted molar refractivity (Wildman–Crippen MR) is 67.8 cm³/mol. The van der Waals surface area contributed by atoms with Crippen LogP contribution in [0.2, 0.25) is 0 Å². The normalized spacial score (nSPS) is 23.4. The minimum atomic E-state index is 0.0706. The third-order valence-electron chi connectivity index (χ3n) is 3.13. The first-order valence-electron chi connectivity index (χ1n) is 6.30. The van der Waals surface area contributed by atoms with E-state index in [2.05, 4.69) is 4.90 Å². The van der Waals surface area contributed by atoms with Crippen molar-refractivity contribution >= 4 is 5.91 Å². The van der Waals surface area contributed by atoms with Crippen molar-refractivity contribution < 1.29 is 9.53 Å². The average Bonchev–Trinajstić information content (AvgIpc) is 2.29. The Balaban J connectivity index is 2.21. The van der Waals surface area contributed by atoms with Crippen molar-refractivity contribution in [2.45, 2.75) is 31.9 Å². The van der Waals surface area contributed by atoms with E-state index >= 15 is 0 Å². The molecule has 1 aliphatic heterocycles. The van der Waals surface area contributed by atoms with E-state index in [4.69, 9.17) is 10.5 Å². The number of hydrogen-bond donors (Lipinski definition) is 1. The lowest BCUT2D eigenvalue weighted by Crippen LogP contribution is -2.49. The van der Waals surface area contributed by atoms with Crippen LogP contribution in [0.1, 0.15) is 19.8 Å². The van der Waals surface area contributed by atoms with Crippen molar-refractivity contribution in [3.05, 3.63) is 0 Å². The second kappa shape index (κ2) is 6.93. The van der Waals surface area contributed by atoms with Crippen LogP contribution in [-0.2, 0) is 9.53 Å². The van der Waals surface area contributed by atoms with Gasteiger partial charge in [0.2, 0.25) is 5.91 Å². The molecular weight excluding hydrogens is 218 g/mol. The summed E-state index contributed by atoms with van der Waals surface area (Å²) in [5, 5.41) is 0. The molecule has 0 aromatic rings. The lowest BCUT2D eigenvalue weighted by Gasteiger charge is -2.34. The summed E-state index contributed by atoms with van der Waals surface area (Å²) in [6, 6.07) is 0.0706. The van der Waals surface area contributed by atoms with Crippen LogP contribution in [0.25, 0.3) is 0 Å². The van der Waals surface area contributed by atoms with Crippen molar-refractivity contribution in [2.75, 3.05) is 40.3 Å². The topological polar surface area (TPSA) is 58.8 Å². The van der Waals surface area contributed by atoms with Crippen LogP contribution in [0, 0.1) is 0 Å². The second-order valence-corrected chi connectivity index (χ2v) is 4.96. The second-order valence-electron chi connectivity index (χ2n) is 4.96. The number of carbonyl (C=O) groups is 1. The Bertz CT molecular complexity index is 244. The Morgan fingerprint density at radius 1 is 1.59 bits per heavy atom. The Labute approximate surface area is 104 Å². The van der Waals surface area contributed by atoms with Gasteiger partial charge in [0, 0.05) is 39.6 Å². The van der Waals surface area contributed by atoms with E-state index in [9.17, 15) is 4.79 Å². The molecule has 0 aromatic heterocycles. The van der Waals surface area contributed by atoms with Crippen LogP contribution >= 0.6 is 0 Å². The van der Waals surface area contributed by atoms with E-state index in [0.717, 1.165) is 32.7 Å². The molecule has 1 fully saturated rings. The first-order valence-corrected chi connectivity index (χ1v) is 6.30. The maximum Gasteiger partial charge on any atom is 0.222 e. The van der Waals surface area contributed by atoms with E-state index < -0.39 is 0 Å². The van der Waals surface area contributed by atoms with Gasteiger partial charge in [0.15, 0.2) is 0 Å². The smallest absolute Gasteiger partial charge is 0.222 e. The van der Waals surface area contributed by atoms with Gasteiger partial charge in [-0.1, -0.05) is 0 Å². The fourth-order valence-corrected chi connectivity index (χ4v) is 1.93. The third kappa shape index (κ3) is 5.02. The lowest BCUT2D eigenvalue weighted by atomic mass is 10.1. The lowest BCUT2D eigenvalue weighted by molar-refractivity contribution is -0.128. The maximum absolute atomic E-state index is 11.4. The van der Waals surface area contributed by atoms with Crippen molar-refractivity contribution in [1.29, 1.82) is 0 Å². The van der Waals surface area contributed by atoms with Crippen LogP contribution in [0.15, 0.2) is 0 Å². The fraction of sp³-hybridized carbons (Fsp3) is 0.917. The number of hydrogen-bond acceptors (Lipinski definition) is 4. The Morgan fingerprint density at radius 3 is 2.88 bits per heavy atom. The first kappa shape index (κ1) is 14.4. The van der Waals surface area contributed by atoms with Crippen LogP contribution < -0.4 is 5.73 Å². The molecule has 1 saturated heterocycles. The quantitative estimate of drug-likeness (QED) is 0.733. The zero-order valence-electron chi connectivity index (χ0n) is 11.2. The summed E-state index contributed by atoms with van der Waals surface area (Å²) in [6.07, 6.45) is 1.66. The number of morpholine rings is 1. The zero-order valence-corrected chi connectivity index (χ0v) is 11.2. The van der Waals surface area contributed by atoms with Gasteiger partial charge in [-0.3, -0.25) is 9.69 Å². The average molecular weight is 243 g/mol. The zero-order chi connectivity index (χ0) is 12.8. The molecule has 5 nitrogen and oxygen atoms in total. The standard InChI is InChI=1S/C12H25N3O2/c1-10(13)11-9-15(7-8-17-11)6-4-5-12(16)14(2)3/h10-11H,4-9,13H2,1-3H3. The van der Waals surface area contributed by atoms with Gasteiger partial charge in [-0.2, -0.15) is 0 Å². The van der Waals surface area contributed by atoms with Gasteiger partial charge in [0.05, 0.1) is 12.7 Å². The van der Waals surface area contributed by atoms with Gasteiger partial charge in [0.1, 0.15) is 0 Å². The van der Waals surface area contributed by atoms with E-state index in [1.54, 1.807) is 19.0 Å². The molecule has 0 bridgehead atoms. The van der Waals surface area contributed by atoms with Crippen LogP contribution in [0.3, 0.4) is 0 Å². The molecule has 1 amide bonds. The molecule has 2 atom stereocenters. The molecule has 100 valence electrons. The van der Waals surface area contributed by atoms with Gasteiger partial charge in [-0.05, 0) is 19.9 Å². The number of ether oxygens (including phenoxy) is 1. The van der Waals surface area contributed by atoms with E-state index in [-0.39, 0.29) is 18.1 Å². The number of nitrogens with two attached hydrogens (primary N) is 1. The van der Waals surface area contributed by atoms with Crippen LogP contribution in [-0.4, -0.2) is 68.2 Å². The van der Waals surface area contributed by atoms with Gasteiger partial charge >= 0.3 is 0 Å². The van der Waals surface area contributed by atoms with Crippen molar-refractivity contribution in [2.24, 2.45) is 5.73 Å². The summed E-state index contributed by atoms with van der Waals surface area (Å²) in [5.41, 5.74) is 5.83. The Kier molecular flexibility index (Phi) is 5.88. The molecule has 0 radical (unpaired) electrons. The minimum absolute atomic E-state index is 0.0706. The number of carbonyl (C=O) groups excluding carboxylic acids is 1. The van der Waals surface area contributed by atoms with Crippen molar-refractivity contribution in [1.82, 2.24) is 9.80 Å². The molecule has 1 rings (SSSR count). The highest BCUT2D eigenvalue weighted by Crippen LogP contribution is 2.09. The number of amides is 1. The molecular formula is C12H25N3O2. The highest BCUT2D eigenvalue weighted by Gasteiger charge is 2.22. The summed E-state index contributed by atoms with van der Waals surface area (Å²) in [6.45, 7) is 5.50. The first-order chi connectivity index (χ1) is 8.00. The summed E-state index contributed by atoms with van der Waals surface area (Å²) in [5.74, 6) is 0.196. The van der Waals surface area contributed by atoms with Crippen LogP contribution in [0.4, 0.5) is 0 Å². The summed E-state index contributed by atoms with van der Waals surface area (Å²) >= 11 is 0. The van der Waals surface area contributed by atoms with Gasteiger partial charge in [0.25, 0.3) is 0 Å². The van der Waals surface area contributed by atoms with Gasteiger partial charge in [-0.25, -0.2) is 0 Å². The van der Waals surface area contributed by atoms with Crippen molar-refractivity contribution in [3.8, 4) is 0 Å². The summed E-state index contributed by atoms with van der Waals surface area (Å²) in [4.78, 5) is 15.4. The SMILES string of the molecule is CC(N)C1CN(CCCC(=O)N(C)C)CCO1. The molecule has 0 aromatic carbocycles. The Morgan fingerprint density at radius 2 is 2.29 bits per heavy atom. The summed E-state index contributed by atoms with van der Waals surface area (Å²) in [7, 11) is 3.59. The minimum Gasteiger partial charge on any atom is -0.374 e. The largest absolute Gasteiger partial charge is 0.374 e. The van der Waals surface area contributed by atoms with Gasteiger partial charge < -0.3 is 15.4 Å². The maximum atomic E-state index is 11.4. The Hall–Kier alpha value is -0.650. The number of rotatable bonds is 5. The molecule has 0 aliphatic carbocycles. The third-order valence-corrected chi connectivity index (χ3v) is 3.13. The molecule has 0 spiro atoms. The molecule has 5 heteroatoms. The molecule has 2 N–H and O–H groups in total.